The number of hydrogen-bond donors (Lipinski definition) is 2. The van der Waals surface area contributed by atoms with Gasteiger partial charge in [-0.1, -0.05) is 30.3 Å². The lowest BCUT2D eigenvalue weighted by Crippen LogP contribution is -2.23. The van der Waals surface area contributed by atoms with Crippen molar-refractivity contribution in [3.63, 3.8) is 0 Å². The first-order valence-electron chi connectivity index (χ1n) is 9.92. The topological polar surface area (TPSA) is 61.5 Å². The molecule has 2 aromatic heterocycles. The van der Waals surface area contributed by atoms with Crippen LogP contribution in [0.2, 0.25) is 0 Å². The van der Waals surface area contributed by atoms with Gasteiger partial charge in [0.1, 0.15) is 0 Å². The van der Waals surface area contributed by atoms with Crippen molar-refractivity contribution in [2.75, 3.05) is 0 Å². The Labute approximate surface area is 170 Å². The predicted molar refractivity (Wildman–Crippen MR) is 114 cm³/mol. The average Bonchev–Trinajstić information content (AvgIpc) is 2.71. The van der Waals surface area contributed by atoms with E-state index in [4.69, 9.17) is 12.2 Å². The summed E-state index contributed by atoms with van der Waals surface area (Å²) in [6.07, 6.45) is 6.70. The van der Waals surface area contributed by atoms with E-state index in [0.717, 1.165) is 48.2 Å². The monoisotopic (exact) mass is 391 g/mol. The van der Waals surface area contributed by atoms with Crippen molar-refractivity contribution in [3.8, 4) is 0 Å². The van der Waals surface area contributed by atoms with Crippen molar-refractivity contribution >= 4 is 12.2 Å². The number of nitrogens with zero attached hydrogens (tertiary/aromatic N) is 1. The highest BCUT2D eigenvalue weighted by Gasteiger charge is 2.26. The minimum atomic E-state index is -0.0905. The van der Waals surface area contributed by atoms with Crippen LogP contribution in [0.3, 0.4) is 0 Å². The van der Waals surface area contributed by atoms with E-state index in [1.54, 1.807) is 6.20 Å². The Kier molecular flexibility index (Phi) is 5.53. The highest BCUT2D eigenvalue weighted by Crippen LogP contribution is 2.40. The lowest BCUT2D eigenvalue weighted by atomic mass is 9.76. The van der Waals surface area contributed by atoms with Crippen molar-refractivity contribution in [1.29, 1.82) is 0 Å². The van der Waals surface area contributed by atoms with Crippen LogP contribution in [0.5, 0.6) is 0 Å². The fraction of sp³-hybridized carbons (Fsp3) is 0.348. The van der Waals surface area contributed by atoms with Crippen LogP contribution in [0.1, 0.15) is 65.6 Å². The van der Waals surface area contributed by atoms with Crippen molar-refractivity contribution in [3.05, 3.63) is 91.9 Å². The number of benzene rings is 1. The van der Waals surface area contributed by atoms with E-state index >= 15 is 0 Å². The molecule has 144 valence electrons. The quantitative estimate of drug-likeness (QED) is 0.603. The van der Waals surface area contributed by atoms with E-state index in [-0.39, 0.29) is 5.56 Å². The summed E-state index contributed by atoms with van der Waals surface area (Å²) in [7, 11) is 0. The number of aromatic amines is 2. The molecular weight excluding hydrogens is 366 g/mol. The molecule has 1 saturated carbocycles. The molecule has 1 aromatic carbocycles. The first-order valence-corrected chi connectivity index (χ1v) is 10.3. The van der Waals surface area contributed by atoms with Crippen LogP contribution in [0, 0.1) is 11.7 Å². The van der Waals surface area contributed by atoms with Gasteiger partial charge in [-0.05, 0) is 79.9 Å². The lowest BCUT2D eigenvalue weighted by molar-refractivity contribution is 0.389. The van der Waals surface area contributed by atoms with Gasteiger partial charge in [-0.15, -0.1) is 0 Å². The maximum absolute atomic E-state index is 12.7. The molecule has 2 heterocycles. The zero-order valence-electron chi connectivity index (χ0n) is 16.1. The molecule has 0 unspecified atom stereocenters. The number of H-pyrrole nitrogens is 2. The summed E-state index contributed by atoms with van der Waals surface area (Å²) in [5, 5.41) is 0. The van der Waals surface area contributed by atoms with Crippen LogP contribution < -0.4 is 5.56 Å². The summed E-state index contributed by atoms with van der Waals surface area (Å²) in [5.41, 5.74) is 5.17. The summed E-state index contributed by atoms with van der Waals surface area (Å²) in [6, 6.07) is 14.7. The van der Waals surface area contributed by atoms with Crippen LogP contribution >= 0.6 is 12.2 Å². The second-order valence-corrected chi connectivity index (χ2v) is 8.17. The number of aromatic nitrogens is 3. The van der Waals surface area contributed by atoms with Gasteiger partial charge in [-0.2, -0.15) is 0 Å². The van der Waals surface area contributed by atoms with Crippen molar-refractivity contribution < 1.29 is 0 Å². The smallest absolute Gasteiger partial charge is 0.255 e. The first-order chi connectivity index (χ1) is 13.6. The van der Waals surface area contributed by atoms with Crippen LogP contribution in [0.15, 0.2) is 53.5 Å². The molecule has 0 bridgehead atoms. The van der Waals surface area contributed by atoms with Gasteiger partial charge >= 0.3 is 0 Å². The molecule has 1 fully saturated rings. The third-order valence-electron chi connectivity index (χ3n) is 5.81. The third kappa shape index (κ3) is 4.14. The predicted octanol–water partition coefficient (Wildman–Crippen LogP) is 5.17. The van der Waals surface area contributed by atoms with Gasteiger partial charge in [-0.25, -0.2) is 0 Å². The van der Waals surface area contributed by atoms with E-state index in [1.807, 2.05) is 19.1 Å². The molecule has 4 rings (SSSR count). The van der Waals surface area contributed by atoms with Gasteiger partial charge in [-0.3, -0.25) is 14.8 Å². The van der Waals surface area contributed by atoms with Gasteiger partial charge in [0, 0.05) is 29.6 Å². The van der Waals surface area contributed by atoms with Crippen LogP contribution in [-0.2, 0) is 6.42 Å². The molecule has 4 nitrogen and oxygen atoms in total. The molecule has 28 heavy (non-hydrogen) atoms. The second-order valence-electron chi connectivity index (χ2n) is 7.76. The number of nitrogens with one attached hydrogen (secondary N) is 2. The molecular formula is C23H25N3OS. The molecule has 0 aliphatic heterocycles. The Morgan fingerprint density at radius 3 is 2.46 bits per heavy atom. The summed E-state index contributed by atoms with van der Waals surface area (Å²) in [4.78, 5) is 23.2. The molecule has 0 atom stereocenters. The standard InChI is InChI=1S/C23H25N3OS/c1-15-11-12-24-19(13-15)14-20-21(25-23(28)26-22(20)27)18-9-7-17(8-10-18)16-5-3-2-4-6-16/h2-6,11-13,17-18H,7-10,14H2,1H3,(H2,25,26,27,28). The first kappa shape index (κ1) is 18.8. The second kappa shape index (κ2) is 8.23. The third-order valence-corrected chi connectivity index (χ3v) is 6.01. The Hall–Kier alpha value is -2.53. The Balaban J connectivity index is 1.59. The van der Waals surface area contributed by atoms with Crippen molar-refractivity contribution in [2.45, 2.75) is 50.9 Å². The Bertz CT molecular complexity index is 1060. The summed E-state index contributed by atoms with van der Waals surface area (Å²) < 4.78 is 0.408. The molecule has 5 heteroatoms. The number of rotatable bonds is 4. The van der Waals surface area contributed by atoms with E-state index in [0.29, 0.717) is 23.0 Å². The molecule has 0 saturated heterocycles. The summed E-state index contributed by atoms with van der Waals surface area (Å²) >= 11 is 5.27. The maximum Gasteiger partial charge on any atom is 0.255 e. The largest absolute Gasteiger partial charge is 0.335 e. The van der Waals surface area contributed by atoms with Gasteiger partial charge in [0.15, 0.2) is 4.77 Å². The molecule has 0 radical (unpaired) electrons. The maximum atomic E-state index is 12.7. The minimum absolute atomic E-state index is 0.0905. The Morgan fingerprint density at radius 1 is 1.04 bits per heavy atom. The van der Waals surface area contributed by atoms with E-state index in [9.17, 15) is 4.79 Å². The van der Waals surface area contributed by atoms with Crippen LogP contribution in [0.25, 0.3) is 0 Å². The summed E-state index contributed by atoms with van der Waals surface area (Å²) in [5.74, 6) is 0.938. The normalized spacial score (nSPS) is 19.5. The molecule has 0 amide bonds. The average molecular weight is 392 g/mol. The van der Waals surface area contributed by atoms with Gasteiger partial charge in [0.05, 0.1) is 0 Å². The molecule has 1 aliphatic carbocycles. The number of aryl methyl sites for hydroxylation is 1. The minimum Gasteiger partial charge on any atom is -0.335 e. The van der Waals surface area contributed by atoms with Crippen molar-refractivity contribution in [1.82, 2.24) is 15.0 Å². The number of hydrogen-bond acceptors (Lipinski definition) is 3. The molecule has 1 aliphatic rings. The van der Waals surface area contributed by atoms with Crippen molar-refractivity contribution in [2.24, 2.45) is 0 Å². The zero-order chi connectivity index (χ0) is 19.5. The molecule has 2 N–H and O–H groups in total. The molecule has 3 aromatic rings. The van der Waals surface area contributed by atoms with E-state index in [1.165, 1.54) is 5.56 Å². The highest BCUT2D eigenvalue weighted by atomic mass is 32.1. The van der Waals surface area contributed by atoms with Gasteiger partial charge in [0.25, 0.3) is 5.56 Å². The number of pyridine rings is 1. The zero-order valence-corrected chi connectivity index (χ0v) is 16.9. The van der Waals surface area contributed by atoms with E-state index in [2.05, 4.69) is 45.3 Å². The fourth-order valence-electron chi connectivity index (χ4n) is 4.37. The van der Waals surface area contributed by atoms with Gasteiger partial charge in [0.2, 0.25) is 0 Å². The Morgan fingerprint density at radius 2 is 1.75 bits per heavy atom. The SMILES string of the molecule is Cc1ccnc(Cc2c(C3CCC(c4ccccc4)CC3)[nH]c(=S)[nH]c2=O)c1. The molecule has 0 spiro atoms. The van der Waals surface area contributed by atoms with Crippen LogP contribution in [0.4, 0.5) is 0 Å². The van der Waals surface area contributed by atoms with Crippen LogP contribution in [-0.4, -0.2) is 15.0 Å². The fourth-order valence-corrected chi connectivity index (χ4v) is 4.57. The van der Waals surface area contributed by atoms with Gasteiger partial charge < -0.3 is 4.98 Å². The summed E-state index contributed by atoms with van der Waals surface area (Å²) in [6.45, 7) is 2.04. The lowest BCUT2D eigenvalue weighted by Gasteiger charge is -2.29. The van der Waals surface area contributed by atoms with E-state index < -0.39 is 0 Å². The highest BCUT2D eigenvalue weighted by molar-refractivity contribution is 7.71.